The van der Waals surface area contributed by atoms with E-state index in [0.717, 1.165) is 0 Å². The summed E-state index contributed by atoms with van der Waals surface area (Å²) in [7, 11) is 0. The molecule has 0 atom stereocenters. The van der Waals surface area contributed by atoms with Gasteiger partial charge < -0.3 is 9.80 Å². The summed E-state index contributed by atoms with van der Waals surface area (Å²) in [5.41, 5.74) is 33.6. The molecule has 2 heterocycles. The lowest BCUT2D eigenvalue weighted by Crippen LogP contribution is -2.61. The van der Waals surface area contributed by atoms with Gasteiger partial charge in [0.15, 0.2) is 0 Å². The highest BCUT2D eigenvalue weighted by Crippen LogP contribution is 2.56. The Labute approximate surface area is 583 Å². The summed E-state index contributed by atoms with van der Waals surface area (Å²) in [5, 5.41) is 0. The van der Waals surface area contributed by atoms with Gasteiger partial charge in [-0.25, -0.2) is 0 Å². The molecule has 0 aliphatic carbocycles. The number of hydrogen-bond acceptors (Lipinski definition) is 2. The number of nitrogens with zero attached hydrogens (tertiary/aromatic N) is 2. The minimum Gasteiger partial charge on any atom is -0.310 e. The van der Waals surface area contributed by atoms with Crippen LogP contribution in [0.4, 0.5) is 34.1 Å². The maximum Gasteiger partial charge on any atom is 0.252 e. The lowest BCUT2D eigenvalue weighted by molar-refractivity contribution is 0.569. The van der Waals surface area contributed by atoms with Crippen molar-refractivity contribution in [2.75, 3.05) is 9.80 Å². The average Bonchev–Trinajstić information content (AvgIpc) is 0.686. The molecule has 2 nitrogen and oxygen atoms in total. The van der Waals surface area contributed by atoms with Gasteiger partial charge in [0.2, 0.25) is 0 Å². The summed E-state index contributed by atoms with van der Waals surface area (Å²) in [6.07, 6.45) is 0. The minimum atomic E-state index is -0.295. The summed E-state index contributed by atoms with van der Waals surface area (Å²) in [6.45, 7) is 49.6. The maximum atomic E-state index is 2.75. The Morgan fingerprint density at radius 2 is 0.495 bits per heavy atom. The van der Waals surface area contributed by atoms with E-state index < -0.39 is 0 Å². The van der Waals surface area contributed by atoms with Crippen molar-refractivity contribution >= 4 is 57.2 Å². The minimum absolute atomic E-state index is 0.0249. The van der Waals surface area contributed by atoms with E-state index in [1.54, 1.807) is 0 Å². The van der Waals surface area contributed by atoms with Gasteiger partial charge in [-0.2, -0.15) is 0 Å². The summed E-state index contributed by atoms with van der Waals surface area (Å²) >= 11 is 0. The largest absolute Gasteiger partial charge is 0.310 e. The van der Waals surface area contributed by atoms with E-state index in [-0.39, 0.29) is 44.6 Å². The Kier molecular flexibility index (Phi) is 16.5. The average molecular weight is 1270 g/mol. The van der Waals surface area contributed by atoms with Gasteiger partial charge in [-0.05, 0) is 186 Å². The van der Waals surface area contributed by atoms with Gasteiger partial charge in [-0.3, -0.25) is 0 Å². The third-order valence-corrected chi connectivity index (χ3v) is 20.7. The van der Waals surface area contributed by atoms with E-state index >= 15 is 0 Å². The second-order valence-corrected chi connectivity index (χ2v) is 35.2. The molecule has 0 saturated carbocycles. The van der Waals surface area contributed by atoms with Crippen molar-refractivity contribution in [2.45, 2.75) is 183 Å². The quantitative estimate of drug-likeness (QED) is 0.140. The van der Waals surface area contributed by atoms with Gasteiger partial charge >= 0.3 is 0 Å². The van der Waals surface area contributed by atoms with E-state index in [9.17, 15) is 0 Å². The van der Waals surface area contributed by atoms with E-state index in [4.69, 9.17) is 0 Å². The molecule has 3 heteroatoms. The van der Waals surface area contributed by atoms with E-state index in [0.29, 0.717) is 0 Å². The van der Waals surface area contributed by atoms with Gasteiger partial charge in [-0.1, -0.05) is 327 Å². The summed E-state index contributed by atoms with van der Waals surface area (Å²) in [4.78, 5) is 5.51. The van der Waals surface area contributed by atoms with Crippen LogP contribution in [0.25, 0.3) is 66.8 Å². The second kappa shape index (κ2) is 24.0. The Morgan fingerprint density at radius 3 is 0.763 bits per heavy atom. The Bertz CT molecular complexity index is 4390. The van der Waals surface area contributed by atoms with Crippen molar-refractivity contribution in [1.29, 1.82) is 0 Å². The predicted molar refractivity (Wildman–Crippen MR) is 424 cm³/mol. The molecule has 0 saturated heterocycles. The van der Waals surface area contributed by atoms with Crippen LogP contribution in [0, 0.1) is 0 Å². The van der Waals surface area contributed by atoms with E-state index in [1.807, 2.05) is 0 Å². The number of anilines is 6. The molecule has 0 spiro atoms. The standard InChI is InChI=1S/C94H101BN2/c1-88(2,3)66-44-46-71(77(56-66)93(16,17)18)64-42-48-79-81(50-64)96(86-73(60-34-26-22-27-35-60)52-68(90(7,8)9)53-74(86)61-36-28-23-29-37-61)83-58-70(92(13,14)15)59-84-85(83)95(79)80-49-43-65(72-47-45-67(89(4,5)6)57-78(72)94(19,20)21)51-82(80)97(84)87-75(62-38-30-24-31-39-62)54-69(91(10,11)12)55-76(87)63-40-32-25-33-41-63/h22-59H,1-21H3. The van der Waals surface area contributed by atoms with Crippen LogP contribution < -0.4 is 26.2 Å². The molecule has 2 aliphatic heterocycles. The van der Waals surface area contributed by atoms with Gasteiger partial charge in [-0.15, -0.1) is 0 Å². The first-order valence-electron chi connectivity index (χ1n) is 35.5. The first-order valence-corrected chi connectivity index (χ1v) is 35.5. The third-order valence-electron chi connectivity index (χ3n) is 20.7. The molecule has 0 aromatic heterocycles. The normalized spacial score (nSPS) is 13.6. The molecule has 0 bridgehead atoms. The van der Waals surface area contributed by atoms with Crippen molar-refractivity contribution in [1.82, 2.24) is 0 Å². The molecule has 0 radical (unpaired) electrons. The highest BCUT2D eigenvalue weighted by Gasteiger charge is 2.47. The van der Waals surface area contributed by atoms with Crippen molar-refractivity contribution in [3.05, 3.63) is 269 Å². The number of benzene rings is 11. The van der Waals surface area contributed by atoms with Crippen LogP contribution in [0.15, 0.2) is 231 Å². The molecule has 0 fully saturated rings. The lowest BCUT2D eigenvalue weighted by atomic mass is 9.33. The number of fused-ring (bicyclic) bond motifs is 4. The van der Waals surface area contributed by atoms with Crippen molar-refractivity contribution in [3.8, 4) is 66.8 Å². The zero-order valence-electron chi connectivity index (χ0n) is 61.9. The fraction of sp³-hybridized carbons (Fsp3) is 0.298. The Hall–Kier alpha value is -8.92. The van der Waals surface area contributed by atoms with Crippen LogP contribution in [0.3, 0.4) is 0 Å². The Balaban J connectivity index is 1.25. The molecule has 2 aliphatic rings. The lowest BCUT2D eigenvalue weighted by Gasteiger charge is -2.47. The van der Waals surface area contributed by atoms with Crippen LogP contribution >= 0.6 is 0 Å². The van der Waals surface area contributed by atoms with Crippen LogP contribution in [-0.2, 0) is 37.9 Å². The maximum absolute atomic E-state index is 2.75. The van der Waals surface area contributed by atoms with Gasteiger partial charge in [0.1, 0.15) is 0 Å². The van der Waals surface area contributed by atoms with Crippen LogP contribution in [0.5, 0.6) is 0 Å². The fourth-order valence-electron chi connectivity index (χ4n) is 15.0. The molecule has 0 N–H and O–H groups in total. The van der Waals surface area contributed by atoms with E-state index in [2.05, 4.69) is 386 Å². The number of rotatable bonds is 8. The summed E-state index contributed by atoms with van der Waals surface area (Å²) in [6, 6.07) is 90.0. The Morgan fingerprint density at radius 1 is 0.216 bits per heavy atom. The summed E-state index contributed by atoms with van der Waals surface area (Å²) in [5.74, 6) is 0. The van der Waals surface area contributed by atoms with Crippen molar-refractivity contribution in [3.63, 3.8) is 0 Å². The molecule has 0 amide bonds. The predicted octanol–water partition coefficient (Wildman–Crippen LogP) is 24.9. The van der Waals surface area contributed by atoms with Crippen LogP contribution in [0.2, 0.25) is 0 Å². The summed E-state index contributed by atoms with van der Waals surface area (Å²) < 4.78 is 0. The van der Waals surface area contributed by atoms with Crippen molar-refractivity contribution in [2.24, 2.45) is 0 Å². The van der Waals surface area contributed by atoms with Crippen LogP contribution in [-0.4, -0.2) is 6.71 Å². The first-order chi connectivity index (χ1) is 45.6. The molecule has 11 aromatic carbocycles. The molecular weight excluding hydrogens is 1170 g/mol. The topological polar surface area (TPSA) is 6.48 Å². The van der Waals surface area contributed by atoms with Crippen molar-refractivity contribution < 1.29 is 0 Å². The molecule has 13 rings (SSSR count). The first kappa shape index (κ1) is 66.7. The zero-order chi connectivity index (χ0) is 69.3. The highest BCUT2D eigenvalue weighted by atomic mass is 15.2. The van der Waals surface area contributed by atoms with Crippen LogP contribution in [0.1, 0.15) is 184 Å². The van der Waals surface area contributed by atoms with Gasteiger partial charge in [0, 0.05) is 45.0 Å². The fourth-order valence-corrected chi connectivity index (χ4v) is 15.0. The molecule has 490 valence electrons. The van der Waals surface area contributed by atoms with Gasteiger partial charge in [0.05, 0.1) is 11.4 Å². The molecule has 0 unspecified atom stereocenters. The van der Waals surface area contributed by atoms with E-state index in [1.165, 1.54) is 156 Å². The zero-order valence-corrected chi connectivity index (χ0v) is 61.9. The third kappa shape index (κ3) is 12.4. The highest BCUT2D eigenvalue weighted by molar-refractivity contribution is 7.00. The SMILES string of the molecule is CC(C)(C)c1cc(-c2ccccc2)c(N2c3cc(-c4ccc(C(C)(C)C)cc4C(C)(C)C)ccc3B3c4ccc(-c5ccc(C(C)(C)C)cc5C(C)(C)C)cc4N(c4c(-c5ccccc5)cc(C(C)(C)C)cc4-c4ccccc4)c4cc(C(C)(C)C)cc2c43)c(-c2ccccc2)c1. The monoisotopic (exact) mass is 1270 g/mol. The molecular formula is C94H101BN2. The number of hydrogen-bond donors (Lipinski definition) is 0. The smallest absolute Gasteiger partial charge is 0.252 e. The van der Waals surface area contributed by atoms with Gasteiger partial charge in [0.25, 0.3) is 6.71 Å². The second-order valence-electron chi connectivity index (χ2n) is 35.2. The molecule has 97 heavy (non-hydrogen) atoms. The molecule has 11 aromatic rings.